The van der Waals surface area contributed by atoms with Crippen molar-refractivity contribution in [3.8, 4) is 0 Å². The van der Waals surface area contributed by atoms with Crippen LogP contribution < -0.4 is 5.73 Å². The van der Waals surface area contributed by atoms with Gasteiger partial charge in [0.2, 0.25) is 0 Å². The van der Waals surface area contributed by atoms with Crippen LogP contribution >= 0.6 is 0 Å². The molecule has 1 heterocycles. The third-order valence-electron chi connectivity index (χ3n) is 5.31. The summed E-state index contributed by atoms with van der Waals surface area (Å²) >= 11 is 0. The molecule has 6 heteroatoms. The van der Waals surface area contributed by atoms with E-state index in [2.05, 4.69) is 0 Å². The molecule has 3 rings (SSSR count). The monoisotopic (exact) mass is 348 g/mol. The van der Waals surface area contributed by atoms with Crippen LogP contribution in [0.15, 0.2) is 23.9 Å². The Kier molecular flexibility index (Phi) is 3.97. The number of carbonyl (C=O) groups is 2. The highest BCUT2D eigenvalue weighted by Crippen LogP contribution is 2.47. The maximum absolute atomic E-state index is 14.1. The lowest BCUT2D eigenvalue weighted by Crippen LogP contribution is -2.42. The summed E-state index contributed by atoms with van der Waals surface area (Å²) in [7, 11) is 0. The van der Waals surface area contributed by atoms with Crippen LogP contribution in [0.25, 0.3) is 0 Å². The van der Waals surface area contributed by atoms with Gasteiger partial charge in [-0.15, -0.1) is 0 Å². The Morgan fingerprint density at radius 3 is 2.56 bits per heavy atom. The number of ketones is 1. The predicted molar refractivity (Wildman–Crippen MR) is 89.7 cm³/mol. The van der Waals surface area contributed by atoms with E-state index >= 15 is 0 Å². The molecule has 1 fully saturated rings. The molecular formula is C19H22F2N2O2. The second-order valence-electron chi connectivity index (χ2n) is 7.89. The molecule has 1 aliphatic heterocycles. The predicted octanol–water partition coefficient (Wildman–Crippen LogP) is 2.95. The van der Waals surface area contributed by atoms with Gasteiger partial charge in [-0.25, -0.2) is 8.78 Å². The molecule has 2 N–H and O–H groups in total. The Balaban J connectivity index is 1.88. The Morgan fingerprint density at radius 1 is 1.24 bits per heavy atom. The average Bonchev–Trinajstić information content (AvgIpc) is 2.93. The van der Waals surface area contributed by atoms with Gasteiger partial charge in [-0.05, 0) is 37.5 Å². The Labute approximate surface area is 145 Å². The number of amides is 1. The van der Waals surface area contributed by atoms with Crippen LogP contribution in [-0.2, 0) is 4.79 Å². The van der Waals surface area contributed by atoms with Crippen molar-refractivity contribution in [1.29, 1.82) is 0 Å². The second-order valence-corrected chi connectivity index (χ2v) is 7.89. The number of hydrogen-bond acceptors (Lipinski definition) is 3. The molecule has 2 aliphatic rings. The number of nitrogens with zero attached hydrogens (tertiary/aromatic N) is 1. The lowest BCUT2D eigenvalue weighted by Gasteiger charge is -2.39. The molecular weight excluding hydrogens is 326 g/mol. The molecule has 0 radical (unpaired) electrons. The van der Waals surface area contributed by atoms with Crippen molar-refractivity contribution < 1.29 is 18.4 Å². The summed E-state index contributed by atoms with van der Waals surface area (Å²) in [4.78, 5) is 26.4. The number of aryl methyl sites for hydroxylation is 1. The second kappa shape index (κ2) is 5.64. The van der Waals surface area contributed by atoms with Gasteiger partial charge in [-0.2, -0.15) is 0 Å². The fraction of sp³-hybridized carbons (Fsp3) is 0.474. The number of likely N-dealkylation sites (tertiary alicyclic amines) is 1. The highest BCUT2D eigenvalue weighted by atomic mass is 19.2. The van der Waals surface area contributed by atoms with Crippen molar-refractivity contribution in [3.05, 3.63) is 46.7 Å². The smallest absolute Gasteiger partial charge is 0.256 e. The van der Waals surface area contributed by atoms with E-state index in [9.17, 15) is 18.4 Å². The van der Waals surface area contributed by atoms with Crippen molar-refractivity contribution in [3.63, 3.8) is 0 Å². The maximum Gasteiger partial charge on any atom is 0.256 e. The van der Waals surface area contributed by atoms with Crippen molar-refractivity contribution in [2.24, 2.45) is 16.6 Å². The molecule has 1 spiro atoms. The summed E-state index contributed by atoms with van der Waals surface area (Å²) in [6.07, 6.45) is 2.97. The lowest BCUT2D eigenvalue weighted by atomic mass is 9.65. The minimum Gasteiger partial charge on any atom is -0.396 e. The first kappa shape index (κ1) is 17.6. The molecule has 0 aromatic heterocycles. The number of nitrogens with two attached hydrogens (primary N) is 1. The summed E-state index contributed by atoms with van der Waals surface area (Å²) in [6, 6.07) is 2.72. The van der Waals surface area contributed by atoms with Crippen LogP contribution in [0.3, 0.4) is 0 Å². The van der Waals surface area contributed by atoms with E-state index < -0.39 is 28.4 Å². The first-order chi connectivity index (χ1) is 11.6. The van der Waals surface area contributed by atoms with Crippen LogP contribution in [0, 0.1) is 29.4 Å². The van der Waals surface area contributed by atoms with Crippen LogP contribution in [0.5, 0.6) is 0 Å². The van der Waals surface area contributed by atoms with Gasteiger partial charge in [-0.3, -0.25) is 9.59 Å². The number of hydrogen-bond donors (Lipinski definition) is 1. The summed E-state index contributed by atoms with van der Waals surface area (Å²) in [5.41, 5.74) is 5.03. The first-order valence-corrected chi connectivity index (χ1v) is 8.33. The quantitative estimate of drug-likeness (QED) is 0.849. The highest BCUT2D eigenvalue weighted by Gasteiger charge is 2.48. The molecule has 1 saturated heterocycles. The van der Waals surface area contributed by atoms with Gasteiger partial charge in [0.1, 0.15) is 0 Å². The number of allylic oxidation sites excluding steroid dienone is 1. The molecule has 1 aromatic rings. The molecule has 25 heavy (non-hydrogen) atoms. The van der Waals surface area contributed by atoms with Gasteiger partial charge < -0.3 is 10.6 Å². The summed E-state index contributed by atoms with van der Waals surface area (Å²) in [5.74, 6) is -2.72. The first-order valence-electron chi connectivity index (χ1n) is 8.33. The molecule has 1 aliphatic carbocycles. The summed E-state index contributed by atoms with van der Waals surface area (Å²) in [6.45, 7) is 5.90. The van der Waals surface area contributed by atoms with Crippen LogP contribution in [-0.4, -0.2) is 29.7 Å². The van der Waals surface area contributed by atoms with Gasteiger partial charge in [0.15, 0.2) is 17.4 Å². The largest absolute Gasteiger partial charge is 0.396 e. The third-order valence-corrected chi connectivity index (χ3v) is 5.31. The van der Waals surface area contributed by atoms with Gasteiger partial charge in [0.05, 0.1) is 11.3 Å². The van der Waals surface area contributed by atoms with Crippen molar-refractivity contribution in [1.82, 2.24) is 4.90 Å². The zero-order valence-corrected chi connectivity index (χ0v) is 14.7. The Bertz CT molecular complexity index is 801. The van der Waals surface area contributed by atoms with Crippen LogP contribution in [0.4, 0.5) is 8.78 Å². The SMILES string of the molecule is Cc1ccc(C(=O)N2CCC3(C=C(N)C(=O)C(C)(C)C3)C2)c(F)c1F. The zero-order valence-electron chi connectivity index (χ0n) is 14.7. The topological polar surface area (TPSA) is 63.4 Å². The van der Waals surface area contributed by atoms with E-state index in [1.165, 1.54) is 24.0 Å². The van der Waals surface area contributed by atoms with Crippen LogP contribution in [0.2, 0.25) is 0 Å². The van der Waals surface area contributed by atoms with Crippen molar-refractivity contribution in [2.45, 2.75) is 33.6 Å². The molecule has 0 saturated carbocycles. The Hall–Kier alpha value is -2.24. The number of benzene rings is 1. The zero-order chi connectivity index (χ0) is 18.6. The van der Waals surface area contributed by atoms with E-state index in [-0.39, 0.29) is 22.6 Å². The number of halogens is 2. The fourth-order valence-corrected chi connectivity index (χ4v) is 4.11. The normalized spacial score (nSPS) is 25.4. The molecule has 1 unspecified atom stereocenters. The maximum atomic E-state index is 14.1. The molecule has 1 atom stereocenters. The standard InChI is InChI=1S/C19H22F2N2O2/c1-11-4-5-12(15(21)14(11)20)17(25)23-7-6-19(10-23)8-13(22)16(24)18(2,3)9-19/h4-5,8H,6-7,9-10,22H2,1-3H3. The molecule has 0 bridgehead atoms. The number of Topliss-reactive ketones (excluding diaryl/α,β-unsaturated/α-hetero) is 1. The van der Waals surface area contributed by atoms with Crippen molar-refractivity contribution in [2.75, 3.05) is 13.1 Å². The van der Waals surface area contributed by atoms with E-state index in [1.54, 1.807) is 6.08 Å². The summed E-state index contributed by atoms with van der Waals surface area (Å²) < 4.78 is 27.9. The van der Waals surface area contributed by atoms with E-state index in [4.69, 9.17) is 5.73 Å². The summed E-state index contributed by atoms with van der Waals surface area (Å²) in [5, 5.41) is 0. The van der Waals surface area contributed by atoms with Gasteiger partial charge in [0.25, 0.3) is 5.91 Å². The number of rotatable bonds is 1. The van der Waals surface area contributed by atoms with Gasteiger partial charge >= 0.3 is 0 Å². The average molecular weight is 348 g/mol. The highest BCUT2D eigenvalue weighted by molar-refractivity contribution is 6.00. The van der Waals surface area contributed by atoms with Gasteiger partial charge in [-0.1, -0.05) is 19.9 Å². The Morgan fingerprint density at radius 2 is 1.92 bits per heavy atom. The molecule has 1 amide bonds. The van der Waals surface area contributed by atoms with Crippen molar-refractivity contribution >= 4 is 11.7 Å². The van der Waals surface area contributed by atoms with Gasteiger partial charge in [0, 0.05) is 23.9 Å². The minimum absolute atomic E-state index is 0.0884. The van der Waals surface area contributed by atoms with Crippen LogP contribution in [0.1, 0.15) is 42.6 Å². The lowest BCUT2D eigenvalue weighted by molar-refractivity contribution is -0.125. The molecule has 1 aromatic carbocycles. The van der Waals surface area contributed by atoms with E-state index in [0.717, 1.165) is 0 Å². The van der Waals surface area contributed by atoms with E-state index in [1.807, 2.05) is 13.8 Å². The fourth-order valence-electron chi connectivity index (χ4n) is 4.11. The minimum atomic E-state index is -1.11. The molecule has 4 nitrogen and oxygen atoms in total. The molecule has 134 valence electrons. The third kappa shape index (κ3) is 2.83. The number of carbonyl (C=O) groups excluding carboxylic acids is 2. The van der Waals surface area contributed by atoms with E-state index in [0.29, 0.717) is 25.9 Å².